The molecule has 2 rings (SSSR count). The van der Waals surface area contributed by atoms with Crippen LogP contribution in [0.3, 0.4) is 0 Å². The van der Waals surface area contributed by atoms with Crippen LogP contribution in [-0.4, -0.2) is 41.1 Å². The zero-order chi connectivity index (χ0) is 15.4. The SMILES string of the molecule is CN(C)CCn1ncc(Cl)c1C(=O)Cc1ccc(N)cc1. The van der Waals surface area contributed by atoms with Gasteiger partial charge in [0.1, 0.15) is 5.69 Å². The molecule has 2 N–H and O–H groups in total. The maximum Gasteiger partial charge on any atom is 0.186 e. The van der Waals surface area contributed by atoms with Crippen molar-refractivity contribution in [2.45, 2.75) is 13.0 Å². The van der Waals surface area contributed by atoms with Crippen LogP contribution in [-0.2, 0) is 13.0 Å². The molecule has 21 heavy (non-hydrogen) atoms. The Kier molecular flexibility index (Phi) is 4.98. The molecule has 2 aromatic rings. The number of carbonyl (C=O) groups is 1. The number of carbonyl (C=O) groups excluding carboxylic acids is 1. The predicted octanol–water partition coefficient (Wildman–Crippen LogP) is 2.11. The normalized spacial score (nSPS) is 11.0. The summed E-state index contributed by atoms with van der Waals surface area (Å²) in [6.07, 6.45) is 1.81. The summed E-state index contributed by atoms with van der Waals surface area (Å²) >= 11 is 6.11. The van der Waals surface area contributed by atoms with Crippen LogP contribution in [0.2, 0.25) is 5.02 Å². The lowest BCUT2D eigenvalue weighted by Crippen LogP contribution is -2.22. The van der Waals surface area contributed by atoms with E-state index in [0.29, 0.717) is 22.9 Å². The Morgan fingerprint density at radius 3 is 2.62 bits per heavy atom. The van der Waals surface area contributed by atoms with Crippen molar-refractivity contribution in [2.75, 3.05) is 26.4 Å². The maximum atomic E-state index is 12.5. The molecule has 0 bridgehead atoms. The summed E-state index contributed by atoms with van der Waals surface area (Å²) in [5, 5.41) is 4.58. The molecular formula is C15H19ClN4O. The molecule has 0 saturated carbocycles. The molecule has 0 radical (unpaired) electrons. The molecular weight excluding hydrogens is 288 g/mol. The van der Waals surface area contributed by atoms with Gasteiger partial charge >= 0.3 is 0 Å². The Balaban J connectivity index is 2.14. The largest absolute Gasteiger partial charge is 0.399 e. The number of Topliss-reactive ketones (excluding diaryl/α,β-unsaturated/α-hetero) is 1. The highest BCUT2D eigenvalue weighted by Gasteiger charge is 2.17. The molecule has 6 heteroatoms. The summed E-state index contributed by atoms with van der Waals surface area (Å²) in [5.41, 5.74) is 7.70. The van der Waals surface area contributed by atoms with Crippen molar-refractivity contribution in [1.82, 2.24) is 14.7 Å². The first-order chi connectivity index (χ1) is 9.97. The highest BCUT2D eigenvalue weighted by atomic mass is 35.5. The van der Waals surface area contributed by atoms with E-state index < -0.39 is 0 Å². The summed E-state index contributed by atoms with van der Waals surface area (Å²) in [6.45, 7) is 1.42. The molecule has 112 valence electrons. The lowest BCUT2D eigenvalue weighted by molar-refractivity contribution is 0.0982. The lowest BCUT2D eigenvalue weighted by Gasteiger charge is -2.11. The average Bonchev–Trinajstić information content (AvgIpc) is 2.80. The molecule has 1 aromatic heterocycles. The average molecular weight is 307 g/mol. The molecule has 0 aliphatic rings. The molecule has 1 aromatic carbocycles. The summed E-state index contributed by atoms with van der Waals surface area (Å²) < 4.78 is 1.67. The number of hydrogen-bond donors (Lipinski definition) is 1. The Morgan fingerprint density at radius 1 is 1.33 bits per heavy atom. The van der Waals surface area contributed by atoms with Crippen molar-refractivity contribution in [3.63, 3.8) is 0 Å². The fraction of sp³-hybridized carbons (Fsp3) is 0.333. The first kappa shape index (κ1) is 15.5. The van der Waals surface area contributed by atoms with Crippen molar-refractivity contribution in [2.24, 2.45) is 0 Å². The van der Waals surface area contributed by atoms with E-state index in [1.807, 2.05) is 31.1 Å². The minimum Gasteiger partial charge on any atom is -0.399 e. The minimum absolute atomic E-state index is 0.0407. The van der Waals surface area contributed by atoms with E-state index in [0.717, 1.165) is 12.1 Å². The van der Waals surface area contributed by atoms with Gasteiger partial charge in [0.05, 0.1) is 17.8 Å². The topological polar surface area (TPSA) is 64.2 Å². The number of nitrogens with two attached hydrogens (primary N) is 1. The second-order valence-electron chi connectivity index (χ2n) is 5.21. The molecule has 0 atom stereocenters. The second-order valence-corrected chi connectivity index (χ2v) is 5.62. The lowest BCUT2D eigenvalue weighted by atomic mass is 10.1. The van der Waals surface area contributed by atoms with Gasteiger partial charge in [0, 0.05) is 18.7 Å². The molecule has 0 fully saturated rings. The van der Waals surface area contributed by atoms with Gasteiger partial charge < -0.3 is 10.6 Å². The number of halogens is 1. The summed E-state index contributed by atoms with van der Waals surface area (Å²) in [4.78, 5) is 14.5. The van der Waals surface area contributed by atoms with Gasteiger partial charge in [-0.05, 0) is 31.8 Å². The molecule has 0 amide bonds. The van der Waals surface area contributed by atoms with Gasteiger partial charge in [-0.15, -0.1) is 0 Å². The summed E-state index contributed by atoms with van der Waals surface area (Å²) in [6, 6.07) is 7.27. The van der Waals surface area contributed by atoms with Crippen molar-refractivity contribution < 1.29 is 4.79 Å². The number of aromatic nitrogens is 2. The molecule has 0 spiro atoms. The van der Waals surface area contributed by atoms with E-state index in [1.54, 1.807) is 16.8 Å². The van der Waals surface area contributed by atoms with Crippen molar-refractivity contribution >= 4 is 23.1 Å². The van der Waals surface area contributed by atoms with Crippen LogP contribution in [0.15, 0.2) is 30.5 Å². The number of nitrogen functional groups attached to an aromatic ring is 1. The van der Waals surface area contributed by atoms with Gasteiger partial charge in [0.25, 0.3) is 0 Å². The van der Waals surface area contributed by atoms with Crippen LogP contribution in [0.4, 0.5) is 5.69 Å². The minimum atomic E-state index is -0.0407. The van der Waals surface area contributed by atoms with Crippen molar-refractivity contribution in [1.29, 1.82) is 0 Å². The third-order valence-corrected chi connectivity index (χ3v) is 3.44. The quantitative estimate of drug-likeness (QED) is 0.656. The monoisotopic (exact) mass is 306 g/mol. The van der Waals surface area contributed by atoms with Gasteiger partial charge in [0.15, 0.2) is 5.78 Å². The van der Waals surface area contributed by atoms with Crippen LogP contribution >= 0.6 is 11.6 Å². The second kappa shape index (κ2) is 6.74. The molecule has 0 saturated heterocycles. The number of hydrogen-bond acceptors (Lipinski definition) is 4. The predicted molar refractivity (Wildman–Crippen MR) is 84.7 cm³/mol. The number of likely N-dealkylation sites (N-methyl/N-ethyl adjacent to an activating group) is 1. The van der Waals surface area contributed by atoms with E-state index in [-0.39, 0.29) is 12.2 Å². The number of nitrogens with zero attached hydrogens (tertiary/aromatic N) is 3. The van der Waals surface area contributed by atoms with Gasteiger partial charge in [-0.25, -0.2) is 0 Å². The third kappa shape index (κ3) is 4.06. The third-order valence-electron chi connectivity index (χ3n) is 3.16. The zero-order valence-corrected chi connectivity index (χ0v) is 13.0. The van der Waals surface area contributed by atoms with E-state index >= 15 is 0 Å². The van der Waals surface area contributed by atoms with E-state index in [4.69, 9.17) is 17.3 Å². The Labute approximate surface area is 129 Å². The molecule has 1 heterocycles. The van der Waals surface area contributed by atoms with Gasteiger partial charge in [-0.1, -0.05) is 23.7 Å². The van der Waals surface area contributed by atoms with E-state index in [1.165, 1.54) is 6.20 Å². The zero-order valence-electron chi connectivity index (χ0n) is 12.2. The van der Waals surface area contributed by atoms with Crippen LogP contribution in [0, 0.1) is 0 Å². The maximum absolute atomic E-state index is 12.5. The number of ketones is 1. The van der Waals surface area contributed by atoms with Crippen molar-refractivity contribution in [3.8, 4) is 0 Å². The summed E-state index contributed by atoms with van der Waals surface area (Å²) in [5.74, 6) is -0.0407. The molecule has 5 nitrogen and oxygen atoms in total. The van der Waals surface area contributed by atoms with E-state index in [2.05, 4.69) is 5.10 Å². The Bertz CT molecular complexity index is 619. The molecule has 0 aliphatic carbocycles. The number of rotatable bonds is 6. The molecule has 0 unspecified atom stereocenters. The van der Waals surface area contributed by atoms with Crippen LogP contribution in [0.5, 0.6) is 0 Å². The summed E-state index contributed by atoms with van der Waals surface area (Å²) in [7, 11) is 3.95. The van der Waals surface area contributed by atoms with Crippen LogP contribution in [0.1, 0.15) is 16.1 Å². The van der Waals surface area contributed by atoms with Crippen molar-refractivity contribution in [3.05, 3.63) is 46.7 Å². The molecule has 0 aliphatic heterocycles. The van der Waals surface area contributed by atoms with Gasteiger partial charge in [0.2, 0.25) is 0 Å². The van der Waals surface area contributed by atoms with E-state index in [9.17, 15) is 4.79 Å². The number of benzene rings is 1. The standard InChI is InChI=1S/C15H19ClN4O/c1-19(2)7-8-20-15(13(16)10-18-20)14(21)9-11-3-5-12(17)6-4-11/h3-6,10H,7-9,17H2,1-2H3. The van der Waals surface area contributed by atoms with Gasteiger partial charge in [-0.2, -0.15) is 5.10 Å². The Hall–Kier alpha value is -1.85. The first-order valence-electron chi connectivity index (χ1n) is 6.71. The van der Waals surface area contributed by atoms with Crippen LogP contribution < -0.4 is 5.73 Å². The fourth-order valence-electron chi connectivity index (χ4n) is 2.01. The fourth-order valence-corrected chi connectivity index (χ4v) is 2.26. The smallest absolute Gasteiger partial charge is 0.186 e. The first-order valence-corrected chi connectivity index (χ1v) is 7.09. The van der Waals surface area contributed by atoms with Gasteiger partial charge in [-0.3, -0.25) is 9.48 Å². The Morgan fingerprint density at radius 2 is 2.00 bits per heavy atom. The van der Waals surface area contributed by atoms with Crippen LogP contribution in [0.25, 0.3) is 0 Å². The highest BCUT2D eigenvalue weighted by molar-refractivity contribution is 6.33. The highest BCUT2D eigenvalue weighted by Crippen LogP contribution is 2.18. The number of anilines is 1.